The van der Waals surface area contributed by atoms with E-state index in [1.165, 1.54) is 5.56 Å². The minimum atomic E-state index is -0.920. The number of amides is 1. The molecular formula is C17H21NO4. The second-order valence-corrected chi connectivity index (χ2v) is 6.06. The molecule has 0 saturated carbocycles. The van der Waals surface area contributed by atoms with Crippen molar-refractivity contribution < 1.29 is 19.4 Å². The minimum absolute atomic E-state index is 0.173. The van der Waals surface area contributed by atoms with Gasteiger partial charge in [-0.2, -0.15) is 0 Å². The van der Waals surface area contributed by atoms with E-state index in [-0.39, 0.29) is 18.1 Å². The highest BCUT2D eigenvalue weighted by molar-refractivity contribution is 5.86. The normalized spacial score (nSPS) is 29.5. The average molecular weight is 303 g/mol. The van der Waals surface area contributed by atoms with E-state index in [1.807, 2.05) is 18.2 Å². The van der Waals surface area contributed by atoms with Crippen LogP contribution in [0.1, 0.15) is 24.8 Å². The average Bonchev–Trinajstić information content (AvgIpc) is 3.13. The summed E-state index contributed by atoms with van der Waals surface area (Å²) in [6.07, 6.45) is 2.77. The molecule has 5 nitrogen and oxygen atoms in total. The predicted molar refractivity (Wildman–Crippen MR) is 80.3 cm³/mol. The number of carboxylic acids is 1. The van der Waals surface area contributed by atoms with Gasteiger partial charge in [-0.15, -0.1) is 0 Å². The Labute approximate surface area is 129 Å². The van der Waals surface area contributed by atoms with Gasteiger partial charge in [0.15, 0.2) is 0 Å². The van der Waals surface area contributed by atoms with Crippen molar-refractivity contribution >= 4 is 11.9 Å². The second-order valence-electron chi connectivity index (χ2n) is 6.06. The maximum atomic E-state index is 12.3. The number of aliphatic carboxylic acids is 1. The quantitative estimate of drug-likeness (QED) is 0.783. The lowest BCUT2D eigenvalue weighted by Gasteiger charge is -2.23. The lowest BCUT2D eigenvalue weighted by Crippen LogP contribution is -2.44. The smallest absolute Gasteiger partial charge is 0.310 e. The van der Waals surface area contributed by atoms with E-state index in [1.54, 1.807) is 0 Å². The molecule has 2 N–H and O–H groups in total. The van der Waals surface area contributed by atoms with Gasteiger partial charge in [0.1, 0.15) is 0 Å². The van der Waals surface area contributed by atoms with Gasteiger partial charge in [0.05, 0.1) is 24.0 Å². The number of ether oxygens (including phenoxy) is 1. The minimum Gasteiger partial charge on any atom is -0.481 e. The standard InChI is InChI=1S/C17H21NO4/c19-16(18-10-4-7-11-5-2-1-3-6-11)14-12-8-9-13(22-12)15(14)17(20)21/h1-3,5-6,12-15H,4,7-10H2,(H,18,19)(H,20,21)/t12-,13-,14?,15?/m1/s1. The monoisotopic (exact) mass is 303 g/mol. The molecule has 0 aromatic heterocycles. The van der Waals surface area contributed by atoms with Crippen molar-refractivity contribution in [3.63, 3.8) is 0 Å². The second kappa shape index (κ2) is 6.48. The Morgan fingerprint density at radius 1 is 1.14 bits per heavy atom. The zero-order valence-electron chi connectivity index (χ0n) is 12.4. The number of carbonyl (C=O) groups excluding carboxylic acids is 1. The molecule has 2 bridgehead atoms. The van der Waals surface area contributed by atoms with Crippen molar-refractivity contribution in [1.29, 1.82) is 0 Å². The van der Waals surface area contributed by atoms with E-state index in [0.29, 0.717) is 6.54 Å². The zero-order valence-corrected chi connectivity index (χ0v) is 12.4. The van der Waals surface area contributed by atoms with Gasteiger partial charge in [0, 0.05) is 6.54 Å². The van der Waals surface area contributed by atoms with E-state index >= 15 is 0 Å². The molecule has 2 aliphatic heterocycles. The summed E-state index contributed by atoms with van der Waals surface area (Å²) in [4.78, 5) is 23.7. The van der Waals surface area contributed by atoms with Gasteiger partial charge in [-0.05, 0) is 31.2 Å². The van der Waals surface area contributed by atoms with E-state index < -0.39 is 17.8 Å². The Morgan fingerprint density at radius 3 is 2.50 bits per heavy atom. The molecule has 2 heterocycles. The number of carboxylic acid groups (broad SMARTS) is 1. The van der Waals surface area contributed by atoms with E-state index in [9.17, 15) is 14.7 Å². The Hall–Kier alpha value is -1.88. The SMILES string of the molecule is O=C(O)C1C(C(=O)NCCCc2ccccc2)[C@H]2CC[C@H]1O2. The molecule has 118 valence electrons. The van der Waals surface area contributed by atoms with Gasteiger partial charge in [0.2, 0.25) is 5.91 Å². The van der Waals surface area contributed by atoms with Crippen molar-refractivity contribution in [2.75, 3.05) is 6.54 Å². The Morgan fingerprint density at radius 2 is 1.82 bits per heavy atom. The number of nitrogens with one attached hydrogen (secondary N) is 1. The molecule has 4 atom stereocenters. The zero-order chi connectivity index (χ0) is 15.5. The third-order valence-electron chi connectivity index (χ3n) is 4.65. The lowest BCUT2D eigenvalue weighted by molar-refractivity contribution is -0.147. The Bertz CT molecular complexity index is 545. The van der Waals surface area contributed by atoms with Gasteiger partial charge in [0.25, 0.3) is 0 Å². The summed E-state index contributed by atoms with van der Waals surface area (Å²) in [5, 5.41) is 12.2. The van der Waals surface area contributed by atoms with Crippen LogP contribution in [0.15, 0.2) is 30.3 Å². The molecule has 22 heavy (non-hydrogen) atoms. The molecule has 2 aliphatic rings. The van der Waals surface area contributed by atoms with E-state index in [4.69, 9.17) is 4.74 Å². The fraction of sp³-hybridized carbons (Fsp3) is 0.529. The van der Waals surface area contributed by atoms with Crippen LogP contribution in [0.4, 0.5) is 0 Å². The molecule has 2 fully saturated rings. The van der Waals surface area contributed by atoms with Crippen LogP contribution < -0.4 is 5.32 Å². The van der Waals surface area contributed by atoms with E-state index in [0.717, 1.165) is 25.7 Å². The van der Waals surface area contributed by atoms with Crippen LogP contribution >= 0.6 is 0 Å². The van der Waals surface area contributed by atoms with Crippen molar-refractivity contribution in [3.05, 3.63) is 35.9 Å². The van der Waals surface area contributed by atoms with Crippen LogP contribution in [-0.4, -0.2) is 35.7 Å². The van der Waals surface area contributed by atoms with Gasteiger partial charge in [-0.3, -0.25) is 9.59 Å². The van der Waals surface area contributed by atoms with Gasteiger partial charge >= 0.3 is 5.97 Å². The van der Waals surface area contributed by atoms with Crippen LogP contribution in [-0.2, 0) is 20.7 Å². The fourth-order valence-electron chi connectivity index (χ4n) is 3.59. The van der Waals surface area contributed by atoms with Gasteiger partial charge < -0.3 is 15.2 Å². The largest absolute Gasteiger partial charge is 0.481 e. The van der Waals surface area contributed by atoms with Crippen molar-refractivity contribution in [2.24, 2.45) is 11.8 Å². The van der Waals surface area contributed by atoms with Crippen LogP contribution in [0.5, 0.6) is 0 Å². The number of aryl methyl sites for hydroxylation is 1. The van der Waals surface area contributed by atoms with Crippen LogP contribution in [0.2, 0.25) is 0 Å². The first kappa shape index (κ1) is 15.0. The first-order valence-electron chi connectivity index (χ1n) is 7.86. The summed E-state index contributed by atoms with van der Waals surface area (Å²) in [5.41, 5.74) is 1.24. The predicted octanol–water partition coefficient (Wildman–Crippen LogP) is 1.61. The van der Waals surface area contributed by atoms with Crippen molar-refractivity contribution in [2.45, 2.75) is 37.9 Å². The highest BCUT2D eigenvalue weighted by Gasteiger charge is 2.55. The van der Waals surface area contributed by atoms with Gasteiger partial charge in [-0.25, -0.2) is 0 Å². The molecule has 1 aromatic rings. The first-order chi connectivity index (χ1) is 10.7. The highest BCUT2D eigenvalue weighted by atomic mass is 16.5. The molecule has 0 spiro atoms. The Kier molecular flexibility index (Phi) is 4.43. The fourth-order valence-corrected chi connectivity index (χ4v) is 3.59. The first-order valence-corrected chi connectivity index (χ1v) is 7.86. The number of fused-ring (bicyclic) bond motifs is 2. The molecule has 2 saturated heterocycles. The number of carbonyl (C=O) groups is 2. The topological polar surface area (TPSA) is 75.6 Å². The number of rotatable bonds is 6. The third kappa shape index (κ3) is 2.99. The third-order valence-corrected chi connectivity index (χ3v) is 4.65. The molecule has 1 aromatic carbocycles. The maximum Gasteiger partial charge on any atom is 0.310 e. The van der Waals surface area contributed by atoms with Gasteiger partial charge in [-0.1, -0.05) is 30.3 Å². The highest BCUT2D eigenvalue weighted by Crippen LogP contribution is 2.43. The summed E-state index contributed by atoms with van der Waals surface area (Å²) in [5.74, 6) is -2.31. The maximum absolute atomic E-state index is 12.3. The Balaban J connectivity index is 1.48. The molecule has 3 rings (SSSR count). The number of hydrogen-bond acceptors (Lipinski definition) is 3. The summed E-state index contributed by atoms with van der Waals surface area (Å²) in [6, 6.07) is 10.1. The summed E-state index contributed by atoms with van der Waals surface area (Å²) < 4.78 is 5.61. The summed E-state index contributed by atoms with van der Waals surface area (Å²) in [7, 11) is 0. The molecule has 0 aliphatic carbocycles. The molecule has 1 amide bonds. The van der Waals surface area contributed by atoms with Crippen LogP contribution in [0.3, 0.4) is 0 Å². The molecule has 2 unspecified atom stereocenters. The lowest BCUT2D eigenvalue weighted by atomic mass is 9.78. The van der Waals surface area contributed by atoms with Crippen molar-refractivity contribution in [3.8, 4) is 0 Å². The van der Waals surface area contributed by atoms with Crippen LogP contribution in [0.25, 0.3) is 0 Å². The summed E-state index contributed by atoms with van der Waals surface area (Å²) >= 11 is 0. The molecule has 5 heteroatoms. The molecule has 0 radical (unpaired) electrons. The number of hydrogen-bond donors (Lipinski definition) is 2. The van der Waals surface area contributed by atoms with E-state index in [2.05, 4.69) is 17.4 Å². The molecular weight excluding hydrogens is 282 g/mol. The van der Waals surface area contributed by atoms with Crippen molar-refractivity contribution in [1.82, 2.24) is 5.32 Å². The summed E-state index contributed by atoms with van der Waals surface area (Å²) in [6.45, 7) is 0.563. The number of benzene rings is 1. The van der Waals surface area contributed by atoms with Crippen LogP contribution in [0, 0.1) is 11.8 Å².